The molecule has 0 spiro atoms. The molecule has 0 aliphatic carbocycles. The van der Waals surface area contributed by atoms with E-state index in [4.69, 9.17) is 4.42 Å². The number of benzene rings is 1. The van der Waals surface area contributed by atoms with Crippen molar-refractivity contribution in [3.63, 3.8) is 0 Å². The van der Waals surface area contributed by atoms with Crippen LogP contribution in [-0.2, 0) is 0 Å². The van der Waals surface area contributed by atoms with E-state index in [1.165, 1.54) is 11.1 Å². The maximum atomic E-state index is 5.06. The van der Waals surface area contributed by atoms with Gasteiger partial charge in [-0.2, -0.15) is 0 Å². The summed E-state index contributed by atoms with van der Waals surface area (Å²) in [5.74, 6) is 0. The maximum absolute atomic E-state index is 5.06. The van der Waals surface area contributed by atoms with Crippen molar-refractivity contribution in [3.8, 4) is 0 Å². The Kier molecular flexibility index (Phi) is 1.67. The standard InChI is InChI=1S/C12H11NO/c1-2-4-9(5-3-1)11-12(13-11)10-6-7-14-8-10/h1-8,11-13H/t11-,12-/m0/s1. The molecule has 0 bridgehead atoms. The minimum Gasteiger partial charge on any atom is -0.472 e. The van der Waals surface area contributed by atoms with E-state index < -0.39 is 0 Å². The van der Waals surface area contributed by atoms with Gasteiger partial charge in [-0.1, -0.05) is 30.3 Å². The molecule has 0 unspecified atom stereocenters. The monoisotopic (exact) mass is 185 g/mol. The highest BCUT2D eigenvalue weighted by Gasteiger charge is 2.38. The molecule has 1 saturated heterocycles. The Labute approximate surface area is 82.6 Å². The first-order valence-corrected chi connectivity index (χ1v) is 4.78. The molecule has 1 aliphatic heterocycles. The summed E-state index contributed by atoms with van der Waals surface area (Å²) in [6, 6.07) is 13.4. The van der Waals surface area contributed by atoms with Crippen LogP contribution in [0.3, 0.4) is 0 Å². The second-order valence-electron chi connectivity index (χ2n) is 3.59. The van der Waals surface area contributed by atoms with Crippen LogP contribution < -0.4 is 5.32 Å². The molecule has 70 valence electrons. The Morgan fingerprint density at radius 1 is 0.929 bits per heavy atom. The summed E-state index contributed by atoms with van der Waals surface area (Å²) >= 11 is 0. The third-order valence-corrected chi connectivity index (χ3v) is 2.64. The highest BCUT2D eigenvalue weighted by Crippen LogP contribution is 2.42. The first kappa shape index (κ1) is 7.83. The van der Waals surface area contributed by atoms with Gasteiger partial charge in [-0.05, 0) is 11.6 Å². The smallest absolute Gasteiger partial charge is 0.0951 e. The second-order valence-corrected chi connectivity index (χ2v) is 3.59. The van der Waals surface area contributed by atoms with Crippen LogP contribution in [0.4, 0.5) is 0 Å². The zero-order valence-electron chi connectivity index (χ0n) is 7.68. The number of furan rings is 1. The lowest BCUT2D eigenvalue weighted by Crippen LogP contribution is -1.81. The van der Waals surface area contributed by atoms with Crippen molar-refractivity contribution in [3.05, 3.63) is 60.1 Å². The number of hydrogen-bond donors (Lipinski definition) is 1. The lowest BCUT2D eigenvalue weighted by molar-refractivity contribution is 0.563. The summed E-state index contributed by atoms with van der Waals surface area (Å²) < 4.78 is 5.06. The predicted molar refractivity (Wildman–Crippen MR) is 53.8 cm³/mol. The molecule has 1 aromatic heterocycles. The Morgan fingerprint density at radius 3 is 2.43 bits per heavy atom. The second kappa shape index (κ2) is 3.00. The van der Waals surface area contributed by atoms with E-state index >= 15 is 0 Å². The molecule has 0 radical (unpaired) electrons. The van der Waals surface area contributed by atoms with Crippen LogP contribution in [0.25, 0.3) is 0 Å². The van der Waals surface area contributed by atoms with Crippen molar-refractivity contribution in [2.24, 2.45) is 0 Å². The van der Waals surface area contributed by atoms with E-state index in [0.29, 0.717) is 12.1 Å². The lowest BCUT2D eigenvalue weighted by atomic mass is 10.1. The van der Waals surface area contributed by atoms with Crippen LogP contribution in [0.2, 0.25) is 0 Å². The number of rotatable bonds is 2. The Morgan fingerprint density at radius 2 is 1.71 bits per heavy atom. The summed E-state index contributed by atoms with van der Waals surface area (Å²) in [6.45, 7) is 0. The molecular weight excluding hydrogens is 174 g/mol. The van der Waals surface area contributed by atoms with Crippen LogP contribution in [0.1, 0.15) is 23.2 Å². The SMILES string of the molecule is c1ccc([C@@H]2N[C@H]2c2ccoc2)cc1. The average Bonchev–Trinajstić information content (AvgIpc) is 2.87. The van der Waals surface area contributed by atoms with E-state index in [1.807, 2.05) is 12.1 Å². The van der Waals surface area contributed by atoms with E-state index in [2.05, 4.69) is 29.6 Å². The van der Waals surface area contributed by atoms with Crippen LogP contribution in [0, 0.1) is 0 Å². The average molecular weight is 185 g/mol. The molecular formula is C12H11NO. The van der Waals surface area contributed by atoms with Gasteiger partial charge in [0.15, 0.2) is 0 Å². The van der Waals surface area contributed by atoms with Gasteiger partial charge >= 0.3 is 0 Å². The van der Waals surface area contributed by atoms with Crippen molar-refractivity contribution >= 4 is 0 Å². The van der Waals surface area contributed by atoms with Gasteiger partial charge in [0.05, 0.1) is 24.6 Å². The van der Waals surface area contributed by atoms with Crippen LogP contribution in [-0.4, -0.2) is 0 Å². The van der Waals surface area contributed by atoms with Gasteiger partial charge in [-0.25, -0.2) is 0 Å². The van der Waals surface area contributed by atoms with Gasteiger partial charge in [0.2, 0.25) is 0 Å². The summed E-state index contributed by atoms with van der Waals surface area (Å²) in [5, 5.41) is 3.43. The Hall–Kier alpha value is -1.54. The number of nitrogens with one attached hydrogen (secondary N) is 1. The van der Waals surface area contributed by atoms with Gasteiger partial charge in [0.25, 0.3) is 0 Å². The molecule has 1 aromatic carbocycles. The molecule has 3 rings (SSSR count). The first-order chi connectivity index (χ1) is 6.95. The van der Waals surface area contributed by atoms with E-state index in [-0.39, 0.29) is 0 Å². The van der Waals surface area contributed by atoms with Gasteiger partial charge in [-0.3, -0.25) is 5.32 Å². The maximum Gasteiger partial charge on any atom is 0.0951 e. The fourth-order valence-electron chi connectivity index (χ4n) is 1.83. The van der Waals surface area contributed by atoms with Crippen LogP contribution >= 0.6 is 0 Å². The zero-order chi connectivity index (χ0) is 9.38. The van der Waals surface area contributed by atoms with Gasteiger partial charge in [0, 0.05) is 5.56 Å². The van der Waals surface area contributed by atoms with Crippen LogP contribution in [0.5, 0.6) is 0 Å². The minimum atomic E-state index is 0.441. The van der Waals surface area contributed by atoms with Gasteiger partial charge in [0.1, 0.15) is 0 Å². The third-order valence-electron chi connectivity index (χ3n) is 2.64. The largest absolute Gasteiger partial charge is 0.472 e. The molecule has 14 heavy (non-hydrogen) atoms. The van der Waals surface area contributed by atoms with Gasteiger partial charge in [-0.15, -0.1) is 0 Å². The lowest BCUT2D eigenvalue weighted by Gasteiger charge is -1.94. The van der Waals surface area contributed by atoms with E-state index in [9.17, 15) is 0 Å². The van der Waals surface area contributed by atoms with E-state index in [1.54, 1.807) is 12.5 Å². The molecule has 0 saturated carbocycles. The van der Waals surface area contributed by atoms with Crippen LogP contribution in [0.15, 0.2) is 53.3 Å². The fraction of sp³-hybridized carbons (Fsp3) is 0.167. The summed E-state index contributed by atoms with van der Waals surface area (Å²) in [4.78, 5) is 0. The summed E-state index contributed by atoms with van der Waals surface area (Å²) in [7, 11) is 0. The highest BCUT2D eigenvalue weighted by molar-refractivity contribution is 5.32. The Balaban J connectivity index is 1.81. The van der Waals surface area contributed by atoms with Gasteiger partial charge < -0.3 is 4.42 Å². The molecule has 2 atom stereocenters. The van der Waals surface area contributed by atoms with E-state index in [0.717, 1.165) is 0 Å². The molecule has 1 fully saturated rings. The van der Waals surface area contributed by atoms with Crippen molar-refractivity contribution in [1.82, 2.24) is 5.32 Å². The normalized spacial score (nSPS) is 24.9. The molecule has 0 amide bonds. The van der Waals surface area contributed by atoms with Crippen molar-refractivity contribution in [1.29, 1.82) is 0 Å². The van der Waals surface area contributed by atoms with Crippen molar-refractivity contribution < 1.29 is 4.42 Å². The molecule has 1 N–H and O–H groups in total. The first-order valence-electron chi connectivity index (χ1n) is 4.78. The molecule has 2 heteroatoms. The minimum absolute atomic E-state index is 0.441. The molecule has 2 nitrogen and oxygen atoms in total. The quantitative estimate of drug-likeness (QED) is 0.730. The predicted octanol–water partition coefficient (Wildman–Crippen LogP) is 2.67. The third kappa shape index (κ3) is 1.24. The molecule has 2 heterocycles. The Bertz CT molecular complexity index is 407. The summed E-state index contributed by atoms with van der Waals surface area (Å²) in [6.07, 6.45) is 3.53. The molecule has 1 aliphatic rings. The topological polar surface area (TPSA) is 35.1 Å². The zero-order valence-corrected chi connectivity index (χ0v) is 7.68. The van der Waals surface area contributed by atoms with Crippen molar-refractivity contribution in [2.75, 3.05) is 0 Å². The summed E-state index contributed by atoms with van der Waals surface area (Å²) in [5.41, 5.74) is 2.58. The fourth-order valence-corrected chi connectivity index (χ4v) is 1.83. The highest BCUT2D eigenvalue weighted by atomic mass is 16.3. The van der Waals surface area contributed by atoms with Crippen molar-refractivity contribution in [2.45, 2.75) is 12.1 Å². The number of hydrogen-bond acceptors (Lipinski definition) is 2. The molecule has 2 aromatic rings.